The Labute approximate surface area is 169 Å². The van der Waals surface area contributed by atoms with Crippen LogP contribution in [0.15, 0.2) is 51.8 Å². The fourth-order valence-electron chi connectivity index (χ4n) is 3.12. The summed E-state index contributed by atoms with van der Waals surface area (Å²) < 4.78 is 1.01. The van der Waals surface area contributed by atoms with Gasteiger partial charge in [-0.3, -0.25) is 9.59 Å². The number of amides is 2. The molecule has 0 aromatic heterocycles. The number of fused-ring (bicyclic) bond motifs is 1. The van der Waals surface area contributed by atoms with Gasteiger partial charge in [0.25, 0.3) is 0 Å². The highest BCUT2D eigenvalue weighted by molar-refractivity contribution is 9.10. The van der Waals surface area contributed by atoms with Gasteiger partial charge >= 0.3 is 0 Å². The maximum absolute atomic E-state index is 12.6. The van der Waals surface area contributed by atoms with Gasteiger partial charge in [0.1, 0.15) is 0 Å². The van der Waals surface area contributed by atoms with Crippen LogP contribution in [0.1, 0.15) is 24.8 Å². The first-order valence-electron chi connectivity index (χ1n) is 8.29. The van der Waals surface area contributed by atoms with E-state index in [-0.39, 0.29) is 23.8 Å². The molecular weight excluding hydrogens is 436 g/mol. The fraction of sp³-hybridized carbons (Fsp3) is 0.263. The minimum atomic E-state index is -0.440. The van der Waals surface area contributed by atoms with Gasteiger partial charge in [0.15, 0.2) is 0 Å². The molecule has 1 unspecified atom stereocenters. The van der Waals surface area contributed by atoms with E-state index in [1.165, 1.54) is 11.8 Å². The molecule has 4 rings (SSSR count). The molecule has 1 atom stereocenters. The lowest BCUT2D eigenvalue weighted by Gasteiger charge is -2.25. The lowest BCUT2D eigenvalue weighted by atomic mass is 10.0. The molecule has 0 bridgehead atoms. The lowest BCUT2D eigenvalue weighted by Crippen LogP contribution is -2.39. The van der Waals surface area contributed by atoms with Crippen molar-refractivity contribution in [2.45, 2.75) is 34.9 Å². The van der Waals surface area contributed by atoms with Gasteiger partial charge in [-0.2, -0.15) is 0 Å². The van der Waals surface area contributed by atoms with Crippen LogP contribution in [0.2, 0.25) is 5.02 Å². The molecule has 2 aromatic carbocycles. The van der Waals surface area contributed by atoms with Crippen molar-refractivity contribution in [2.24, 2.45) is 0 Å². The molecule has 2 aromatic rings. The number of thioether (sulfide) groups is 1. The summed E-state index contributed by atoms with van der Waals surface area (Å²) in [6.07, 6.45) is 1.99. The summed E-state index contributed by atoms with van der Waals surface area (Å²) in [5.74, 6) is -0.260. The van der Waals surface area contributed by atoms with Gasteiger partial charge in [-0.1, -0.05) is 39.7 Å². The molecule has 1 aliphatic carbocycles. The van der Waals surface area contributed by atoms with E-state index in [2.05, 4.69) is 26.6 Å². The van der Waals surface area contributed by atoms with Gasteiger partial charge in [-0.15, -0.1) is 11.8 Å². The topological polar surface area (TPSA) is 58.2 Å². The van der Waals surface area contributed by atoms with E-state index in [1.807, 2.05) is 30.3 Å². The van der Waals surface area contributed by atoms with Crippen molar-refractivity contribution in [2.75, 3.05) is 5.32 Å². The monoisotopic (exact) mass is 450 g/mol. The maximum Gasteiger partial charge on any atom is 0.238 e. The zero-order valence-corrected chi connectivity index (χ0v) is 16.9. The van der Waals surface area contributed by atoms with Crippen LogP contribution in [0, 0.1) is 0 Å². The van der Waals surface area contributed by atoms with Crippen LogP contribution in [0.5, 0.6) is 0 Å². The summed E-state index contributed by atoms with van der Waals surface area (Å²) in [5.41, 5.74) is 1.53. The third-order valence-corrected chi connectivity index (χ3v) is 6.70. The van der Waals surface area contributed by atoms with Crippen LogP contribution in [0.3, 0.4) is 0 Å². The molecule has 2 N–H and O–H groups in total. The summed E-state index contributed by atoms with van der Waals surface area (Å²) in [6, 6.07) is 13.4. The van der Waals surface area contributed by atoms with Crippen LogP contribution >= 0.6 is 39.3 Å². The molecule has 4 nitrogen and oxygen atoms in total. The molecule has 0 radical (unpaired) electrons. The first-order chi connectivity index (χ1) is 12.4. The number of nitrogens with one attached hydrogen (secondary N) is 2. The second kappa shape index (κ2) is 6.91. The number of rotatable bonds is 4. The van der Waals surface area contributed by atoms with Gasteiger partial charge in [0, 0.05) is 20.8 Å². The number of anilines is 1. The normalized spacial score (nSPS) is 20.1. The van der Waals surface area contributed by atoms with Crippen LogP contribution in [-0.2, 0) is 15.1 Å². The van der Waals surface area contributed by atoms with E-state index >= 15 is 0 Å². The van der Waals surface area contributed by atoms with Gasteiger partial charge < -0.3 is 10.6 Å². The van der Waals surface area contributed by atoms with E-state index in [9.17, 15) is 9.59 Å². The predicted octanol–water partition coefficient (Wildman–Crippen LogP) is 4.71. The number of hydrogen-bond donors (Lipinski definition) is 2. The third kappa shape index (κ3) is 3.63. The second-order valence-corrected chi connectivity index (χ2v) is 9.17. The first-order valence-corrected chi connectivity index (χ1v) is 10.3. The van der Waals surface area contributed by atoms with Crippen LogP contribution in [0.25, 0.3) is 0 Å². The number of carbonyl (C=O) groups is 2. The Morgan fingerprint density at radius 2 is 2.00 bits per heavy atom. The summed E-state index contributed by atoms with van der Waals surface area (Å²) in [4.78, 5) is 25.8. The number of carbonyl (C=O) groups excluding carboxylic acids is 2. The Morgan fingerprint density at radius 3 is 2.69 bits per heavy atom. The van der Waals surface area contributed by atoms with E-state index < -0.39 is 5.25 Å². The average Bonchev–Trinajstić information content (AvgIpc) is 3.37. The zero-order valence-electron chi connectivity index (χ0n) is 13.7. The molecule has 0 saturated heterocycles. The zero-order chi connectivity index (χ0) is 18.3. The molecule has 0 spiro atoms. The van der Waals surface area contributed by atoms with Gasteiger partial charge in [-0.05, 0) is 48.7 Å². The standard InChI is InChI=1S/C19H16BrClN2O2S/c20-12-3-1-11(2-4-12)19(7-8-19)23-17(24)10-16-18(25)22-14-9-13(21)5-6-15(14)26-16/h1-6,9,16H,7-8,10H2,(H,22,25)(H,23,24). The Balaban J connectivity index is 1.43. The van der Waals surface area contributed by atoms with Crippen molar-refractivity contribution >= 4 is 56.8 Å². The van der Waals surface area contributed by atoms with Crippen molar-refractivity contribution in [3.05, 3.63) is 57.5 Å². The Hall–Kier alpha value is -1.50. The fourth-order valence-corrected chi connectivity index (χ4v) is 4.65. The predicted molar refractivity (Wildman–Crippen MR) is 108 cm³/mol. The van der Waals surface area contributed by atoms with Crippen LogP contribution in [0.4, 0.5) is 5.69 Å². The molecule has 1 heterocycles. The van der Waals surface area contributed by atoms with Crippen LogP contribution in [-0.4, -0.2) is 17.1 Å². The lowest BCUT2D eigenvalue weighted by molar-refractivity contribution is -0.124. The Morgan fingerprint density at radius 1 is 1.27 bits per heavy atom. The smallest absolute Gasteiger partial charge is 0.238 e. The van der Waals surface area contributed by atoms with E-state index in [1.54, 1.807) is 12.1 Å². The van der Waals surface area contributed by atoms with Gasteiger partial charge in [-0.25, -0.2) is 0 Å². The molecule has 2 amide bonds. The molecule has 2 aliphatic rings. The molecule has 134 valence electrons. The van der Waals surface area contributed by atoms with Gasteiger partial charge in [0.05, 0.1) is 16.5 Å². The first kappa shape index (κ1) is 17.9. The largest absolute Gasteiger partial charge is 0.347 e. The number of hydrogen-bond acceptors (Lipinski definition) is 3. The van der Waals surface area contributed by atoms with Gasteiger partial charge in [0.2, 0.25) is 11.8 Å². The Kier molecular flexibility index (Phi) is 4.75. The maximum atomic E-state index is 12.6. The van der Waals surface area contributed by atoms with Crippen molar-refractivity contribution in [3.63, 3.8) is 0 Å². The number of benzene rings is 2. The number of halogens is 2. The molecule has 7 heteroatoms. The van der Waals surface area contributed by atoms with Crippen molar-refractivity contribution < 1.29 is 9.59 Å². The molecule has 1 fully saturated rings. The van der Waals surface area contributed by atoms with E-state index in [4.69, 9.17) is 11.6 Å². The third-order valence-electron chi connectivity index (χ3n) is 4.66. The molecule has 1 saturated carbocycles. The highest BCUT2D eigenvalue weighted by Gasteiger charge is 2.46. The highest BCUT2D eigenvalue weighted by Crippen LogP contribution is 2.46. The van der Waals surface area contributed by atoms with E-state index in [0.29, 0.717) is 10.7 Å². The van der Waals surface area contributed by atoms with Crippen LogP contribution < -0.4 is 10.6 Å². The van der Waals surface area contributed by atoms with Crippen molar-refractivity contribution in [1.82, 2.24) is 5.32 Å². The minimum Gasteiger partial charge on any atom is -0.347 e. The second-order valence-electron chi connectivity index (χ2n) is 6.58. The highest BCUT2D eigenvalue weighted by atomic mass is 79.9. The Bertz CT molecular complexity index is 884. The average molecular weight is 452 g/mol. The summed E-state index contributed by atoms with van der Waals surface area (Å²) >= 11 is 10.8. The summed E-state index contributed by atoms with van der Waals surface area (Å²) in [7, 11) is 0. The molecule has 1 aliphatic heterocycles. The summed E-state index contributed by atoms with van der Waals surface area (Å²) in [6.45, 7) is 0. The quantitative estimate of drug-likeness (QED) is 0.708. The SMILES string of the molecule is O=C(CC1Sc2ccc(Cl)cc2NC1=O)NC1(c2ccc(Br)cc2)CC1. The summed E-state index contributed by atoms with van der Waals surface area (Å²) in [5, 5.41) is 6.11. The molecule has 26 heavy (non-hydrogen) atoms. The molecular formula is C19H16BrClN2O2S. The van der Waals surface area contributed by atoms with Crippen molar-refractivity contribution in [1.29, 1.82) is 0 Å². The van der Waals surface area contributed by atoms with Crippen molar-refractivity contribution in [3.8, 4) is 0 Å². The minimum absolute atomic E-state index is 0.101. The van der Waals surface area contributed by atoms with E-state index in [0.717, 1.165) is 27.8 Å².